The average Bonchev–Trinajstić information content (AvgIpc) is 2.66. The zero-order chi connectivity index (χ0) is 19.5. The molecule has 2 rings (SSSR count). The number of halogens is 1. The number of hydrogen-bond acceptors (Lipinski definition) is 4. The molecule has 0 fully saturated rings. The SMILES string of the molecule is CCNC(=NCC(O)c1cccc(OC(C)C)c1)NCCC1=CCOCC1.I. The molecule has 0 radical (unpaired) electrons. The highest BCUT2D eigenvalue weighted by atomic mass is 127. The van der Waals surface area contributed by atoms with Crippen LogP contribution in [-0.2, 0) is 4.74 Å². The third kappa shape index (κ3) is 9.25. The molecule has 1 aromatic carbocycles. The summed E-state index contributed by atoms with van der Waals surface area (Å²) in [6.07, 6.45) is 3.57. The summed E-state index contributed by atoms with van der Waals surface area (Å²) >= 11 is 0. The Morgan fingerprint density at radius 2 is 2.14 bits per heavy atom. The van der Waals surface area contributed by atoms with Gasteiger partial charge >= 0.3 is 0 Å². The molecule has 158 valence electrons. The molecule has 7 heteroatoms. The zero-order valence-electron chi connectivity index (χ0n) is 17.1. The maximum atomic E-state index is 10.5. The molecule has 28 heavy (non-hydrogen) atoms. The number of nitrogens with one attached hydrogen (secondary N) is 2. The largest absolute Gasteiger partial charge is 0.491 e. The van der Waals surface area contributed by atoms with Crippen molar-refractivity contribution in [2.75, 3.05) is 32.8 Å². The lowest BCUT2D eigenvalue weighted by Crippen LogP contribution is -2.38. The third-order valence-corrected chi connectivity index (χ3v) is 4.18. The van der Waals surface area contributed by atoms with Crippen LogP contribution >= 0.6 is 24.0 Å². The van der Waals surface area contributed by atoms with Gasteiger partial charge in [-0.25, -0.2) is 0 Å². The molecular formula is C21H34IN3O3. The molecule has 0 bridgehead atoms. The molecular weight excluding hydrogens is 469 g/mol. The van der Waals surface area contributed by atoms with Gasteiger partial charge in [0.1, 0.15) is 5.75 Å². The molecule has 0 saturated heterocycles. The lowest BCUT2D eigenvalue weighted by Gasteiger charge is -2.16. The van der Waals surface area contributed by atoms with E-state index in [2.05, 4.69) is 21.7 Å². The predicted octanol–water partition coefficient (Wildman–Crippen LogP) is 3.42. The summed E-state index contributed by atoms with van der Waals surface area (Å²) in [5.41, 5.74) is 2.23. The average molecular weight is 503 g/mol. The van der Waals surface area contributed by atoms with Crippen molar-refractivity contribution in [1.82, 2.24) is 10.6 Å². The maximum Gasteiger partial charge on any atom is 0.191 e. The van der Waals surface area contributed by atoms with Crippen LogP contribution in [0, 0.1) is 0 Å². The minimum Gasteiger partial charge on any atom is -0.491 e. The first-order chi connectivity index (χ1) is 13.1. The molecule has 6 nitrogen and oxygen atoms in total. The van der Waals surface area contributed by atoms with E-state index >= 15 is 0 Å². The van der Waals surface area contributed by atoms with Gasteiger partial charge < -0.3 is 25.2 Å². The molecule has 1 heterocycles. The van der Waals surface area contributed by atoms with Crippen molar-refractivity contribution in [3.8, 4) is 5.75 Å². The number of aliphatic hydroxyl groups is 1. The second-order valence-electron chi connectivity index (χ2n) is 6.84. The first-order valence-corrected chi connectivity index (χ1v) is 9.81. The van der Waals surface area contributed by atoms with Crippen LogP contribution in [0.15, 0.2) is 40.9 Å². The van der Waals surface area contributed by atoms with Crippen molar-refractivity contribution in [3.63, 3.8) is 0 Å². The predicted molar refractivity (Wildman–Crippen MR) is 125 cm³/mol. The van der Waals surface area contributed by atoms with Gasteiger partial charge in [0.15, 0.2) is 5.96 Å². The second kappa shape index (κ2) is 13.8. The first kappa shape index (κ1) is 24.7. The van der Waals surface area contributed by atoms with Crippen LogP contribution in [0.2, 0.25) is 0 Å². The number of nitrogens with zero attached hydrogens (tertiary/aromatic N) is 1. The summed E-state index contributed by atoms with van der Waals surface area (Å²) in [4.78, 5) is 4.52. The van der Waals surface area contributed by atoms with E-state index in [-0.39, 0.29) is 36.6 Å². The molecule has 1 aliphatic heterocycles. The van der Waals surface area contributed by atoms with Gasteiger partial charge in [-0.2, -0.15) is 0 Å². The van der Waals surface area contributed by atoms with Crippen LogP contribution in [-0.4, -0.2) is 50.0 Å². The Hall–Kier alpha value is -1.32. The minimum atomic E-state index is -0.672. The van der Waals surface area contributed by atoms with Crippen molar-refractivity contribution in [3.05, 3.63) is 41.5 Å². The summed E-state index contributed by atoms with van der Waals surface area (Å²) in [7, 11) is 0. The van der Waals surface area contributed by atoms with Gasteiger partial charge in [-0.1, -0.05) is 23.8 Å². The van der Waals surface area contributed by atoms with Gasteiger partial charge in [0.25, 0.3) is 0 Å². The normalized spacial score (nSPS) is 15.5. The zero-order valence-corrected chi connectivity index (χ0v) is 19.4. The fourth-order valence-corrected chi connectivity index (χ4v) is 2.83. The number of ether oxygens (including phenoxy) is 2. The van der Waals surface area contributed by atoms with E-state index in [0.717, 1.165) is 56.4 Å². The molecule has 3 N–H and O–H groups in total. The van der Waals surface area contributed by atoms with Crippen molar-refractivity contribution in [1.29, 1.82) is 0 Å². The Labute approximate surface area is 185 Å². The molecule has 1 aliphatic rings. The van der Waals surface area contributed by atoms with Crippen LogP contribution in [0.4, 0.5) is 0 Å². The smallest absolute Gasteiger partial charge is 0.191 e. The van der Waals surface area contributed by atoms with E-state index in [0.29, 0.717) is 0 Å². The van der Waals surface area contributed by atoms with Gasteiger partial charge in [-0.15, -0.1) is 24.0 Å². The Kier molecular flexibility index (Phi) is 12.2. The molecule has 1 unspecified atom stereocenters. The number of rotatable bonds is 9. The fraction of sp³-hybridized carbons (Fsp3) is 0.571. The van der Waals surface area contributed by atoms with Crippen LogP contribution in [0.5, 0.6) is 5.75 Å². The van der Waals surface area contributed by atoms with Crippen LogP contribution in [0.1, 0.15) is 45.3 Å². The lowest BCUT2D eigenvalue weighted by molar-refractivity contribution is 0.153. The van der Waals surface area contributed by atoms with Crippen LogP contribution in [0.25, 0.3) is 0 Å². The highest BCUT2D eigenvalue weighted by Gasteiger charge is 2.10. The maximum absolute atomic E-state index is 10.5. The number of hydrogen-bond donors (Lipinski definition) is 3. The molecule has 1 atom stereocenters. The van der Waals surface area contributed by atoms with Crippen molar-refractivity contribution < 1.29 is 14.6 Å². The Bertz CT molecular complexity index is 635. The second-order valence-corrected chi connectivity index (χ2v) is 6.84. The standard InChI is InChI=1S/C21H33N3O3.HI/c1-4-22-21(23-11-8-17-9-12-26-13-10-17)24-15-20(25)18-6-5-7-19(14-18)27-16(2)3;/h5-7,9,14,16,20,25H,4,8,10-13,15H2,1-3H3,(H2,22,23,24);1H. The van der Waals surface area contributed by atoms with Crippen molar-refractivity contribution >= 4 is 29.9 Å². The monoisotopic (exact) mass is 503 g/mol. The number of guanidine groups is 1. The molecule has 0 amide bonds. The van der Waals surface area contributed by atoms with Gasteiger partial charge in [-0.3, -0.25) is 4.99 Å². The van der Waals surface area contributed by atoms with E-state index < -0.39 is 6.10 Å². The van der Waals surface area contributed by atoms with Gasteiger partial charge in [0.2, 0.25) is 0 Å². The molecule has 0 spiro atoms. The Morgan fingerprint density at radius 1 is 1.32 bits per heavy atom. The highest BCUT2D eigenvalue weighted by Crippen LogP contribution is 2.20. The van der Waals surface area contributed by atoms with Crippen molar-refractivity contribution in [2.24, 2.45) is 4.99 Å². The third-order valence-electron chi connectivity index (χ3n) is 4.18. The van der Waals surface area contributed by atoms with Gasteiger partial charge in [0.05, 0.1) is 32.0 Å². The Morgan fingerprint density at radius 3 is 2.82 bits per heavy atom. The lowest BCUT2D eigenvalue weighted by atomic mass is 10.1. The van der Waals surface area contributed by atoms with Crippen LogP contribution < -0.4 is 15.4 Å². The number of aliphatic hydroxyl groups excluding tert-OH is 1. The minimum absolute atomic E-state index is 0. The summed E-state index contributed by atoms with van der Waals surface area (Å²) in [6.45, 7) is 9.40. The van der Waals surface area contributed by atoms with Gasteiger partial charge in [-0.05, 0) is 51.3 Å². The summed E-state index contributed by atoms with van der Waals surface area (Å²) in [5, 5.41) is 17.0. The number of benzene rings is 1. The molecule has 0 aliphatic carbocycles. The fourth-order valence-electron chi connectivity index (χ4n) is 2.83. The summed E-state index contributed by atoms with van der Waals surface area (Å²) in [5.74, 6) is 1.49. The summed E-state index contributed by atoms with van der Waals surface area (Å²) < 4.78 is 11.0. The van der Waals surface area contributed by atoms with Crippen LogP contribution in [0.3, 0.4) is 0 Å². The van der Waals surface area contributed by atoms with E-state index in [1.54, 1.807) is 0 Å². The Balaban J connectivity index is 0.00000392. The summed E-state index contributed by atoms with van der Waals surface area (Å²) in [6, 6.07) is 7.56. The van der Waals surface area contributed by atoms with Gasteiger partial charge in [0, 0.05) is 13.1 Å². The van der Waals surface area contributed by atoms with E-state index in [1.165, 1.54) is 5.57 Å². The van der Waals surface area contributed by atoms with Crippen molar-refractivity contribution in [2.45, 2.75) is 45.8 Å². The number of aliphatic imine (C=N–C) groups is 1. The van der Waals surface area contributed by atoms with E-state index in [9.17, 15) is 5.11 Å². The first-order valence-electron chi connectivity index (χ1n) is 9.81. The van der Waals surface area contributed by atoms with E-state index in [4.69, 9.17) is 9.47 Å². The topological polar surface area (TPSA) is 75.1 Å². The highest BCUT2D eigenvalue weighted by molar-refractivity contribution is 14.0. The molecule has 1 aromatic rings. The quantitative estimate of drug-likeness (QED) is 0.209. The molecule has 0 aromatic heterocycles. The van der Waals surface area contributed by atoms with E-state index in [1.807, 2.05) is 45.0 Å². The molecule has 0 saturated carbocycles.